The van der Waals surface area contributed by atoms with Crippen LogP contribution in [-0.2, 0) is 28.6 Å². The van der Waals surface area contributed by atoms with E-state index in [1.54, 1.807) is 0 Å². The van der Waals surface area contributed by atoms with Crippen LogP contribution in [0.5, 0.6) is 0 Å². The molecule has 1 atom stereocenters. The van der Waals surface area contributed by atoms with Crippen molar-refractivity contribution in [2.45, 2.75) is 348 Å². The fraction of sp³-hybridized carbons (Fsp3) is 0.836. The van der Waals surface area contributed by atoms with Gasteiger partial charge in [0.05, 0.1) is 0 Å². The number of hydrogen-bond donors (Lipinski definition) is 0. The zero-order chi connectivity index (χ0) is 52.9. The number of carbonyl (C=O) groups is 3. The van der Waals surface area contributed by atoms with Gasteiger partial charge < -0.3 is 14.2 Å². The third-order valence-electron chi connectivity index (χ3n) is 14.3. The summed E-state index contributed by atoms with van der Waals surface area (Å²) in [5.41, 5.74) is 0. The number of hydrogen-bond acceptors (Lipinski definition) is 6. The molecule has 6 nitrogen and oxygen atoms in total. The van der Waals surface area contributed by atoms with Crippen LogP contribution < -0.4 is 0 Å². The van der Waals surface area contributed by atoms with E-state index in [-0.39, 0.29) is 31.1 Å². The fourth-order valence-corrected chi connectivity index (χ4v) is 9.56. The normalized spacial score (nSPS) is 12.3. The van der Waals surface area contributed by atoms with Gasteiger partial charge in [0.1, 0.15) is 13.2 Å². The van der Waals surface area contributed by atoms with Crippen molar-refractivity contribution < 1.29 is 28.6 Å². The molecule has 0 N–H and O–H groups in total. The topological polar surface area (TPSA) is 78.9 Å². The van der Waals surface area contributed by atoms with Crippen molar-refractivity contribution in [2.24, 2.45) is 0 Å². The lowest BCUT2D eigenvalue weighted by molar-refractivity contribution is -0.167. The highest BCUT2D eigenvalue weighted by atomic mass is 16.6. The smallest absolute Gasteiger partial charge is 0.306 e. The second kappa shape index (κ2) is 61.9. The van der Waals surface area contributed by atoms with Crippen LogP contribution in [0, 0.1) is 0 Å². The van der Waals surface area contributed by atoms with Crippen molar-refractivity contribution in [2.75, 3.05) is 13.2 Å². The molecule has 1 unspecified atom stereocenters. The van der Waals surface area contributed by atoms with E-state index in [1.165, 1.54) is 205 Å². The predicted molar refractivity (Wildman–Crippen MR) is 316 cm³/mol. The minimum absolute atomic E-state index is 0.0743. The van der Waals surface area contributed by atoms with Gasteiger partial charge in [0.25, 0.3) is 0 Å². The molecule has 0 rings (SSSR count). The molecule has 73 heavy (non-hydrogen) atoms. The van der Waals surface area contributed by atoms with Gasteiger partial charge in [-0.15, -0.1) is 0 Å². The summed E-state index contributed by atoms with van der Waals surface area (Å²) in [6, 6.07) is 0. The Labute approximate surface area is 454 Å². The minimum atomic E-state index is -0.778. The Kier molecular flexibility index (Phi) is 59.7. The maximum absolute atomic E-state index is 12.9. The van der Waals surface area contributed by atoms with Gasteiger partial charge in [-0.05, 0) is 57.8 Å². The Bertz CT molecular complexity index is 1270. The third-order valence-corrected chi connectivity index (χ3v) is 14.3. The Hall–Kier alpha value is -2.63. The average Bonchev–Trinajstić information content (AvgIpc) is 3.39. The molecule has 0 radical (unpaired) electrons. The van der Waals surface area contributed by atoms with Crippen molar-refractivity contribution >= 4 is 17.9 Å². The first-order valence-corrected chi connectivity index (χ1v) is 32.1. The highest BCUT2D eigenvalue weighted by Gasteiger charge is 2.19. The summed E-state index contributed by atoms with van der Waals surface area (Å²) in [7, 11) is 0. The first-order chi connectivity index (χ1) is 36.0. The van der Waals surface area contributed by atoms with Crippen molar-refractivity contribution in [3.05, 3.63) is 48.6 Å². The zero-order valence-corrected chi connectivity index (χ0v) is 48.9. The predicted octanol–water partition coefficient (Wildman–Crippen LogP) is 21.8. The van der Waals surface area contributed by atoms with E-state index >= 15 is 0 Å². The van der Waals surface area contributed by atoms with Crippen LogP contribution in [0.15, 0.2) is 48.6 Å². The lowest BCUT2D eigenvalue weighted by Gasteiger charge is -2.18. The molecule has 0 aromatic carbocycles. The highest BCUT2D eigenvalue weighted by molar-refractivity contribution is 5.71. The summed E-state index contributed by atoms with van der Waals surface area (Å²) in [4.78, 5) is 38.3. The first kappa shape index (κ1) is 70.4. The largest absolute Gasteiger partial charge is 0.462 e. The van der Waals surface area contributed by atoms with E-state index in [1.807, 2.05) is 0 Å². The van der Waals surface area contributed by atoms with Crippen molar-refractivity contribution in [3.8, 4) is 0 Å². The third kappa shape index (κ3) is 60.1. The second-order valence-electron chi connectivity index (χ2n) is 21.7. The molecule has 0 aliphatic rings. The molecule has 0 saturated carbocycles. The van der Waals surface area contributed by atoms with E-state index in [2.05, 4.69) is 69.4 Å². The quantitative estimate of drug-likeness (QED) is 0.0261. The molecule has 0 aromatic rings. The van der Waals surface area contributed by atoms with Crippen LogP contribution in [0.1, 0.15) is 342 Å². The van der Waals surface area contributed by atoms with E-state index in [0.29, 0.717) is 19.3 Å². The Morgan fingerprint density at radius 3 is 0.836 bits per heavy atom. The molecular formula is C67H122O6. The highest BCUT2D eigenvalue weighted by Crippen LogP contribution is 2.18. The van der Waals surface area contributed by atoms with Gasteiger partial charge in [-0.2, -0.15) is 0 Å². The van der Waals surface area contributed by atoms with Crippen LogP contribution >= 0.6 is 0 Å². The maximum atomic E-state index is 12.9. The summed E-state index contributed by atoms with van der Waals surface area (Å²) < 4.78 is 16.9. The summed E-state index contributed by atoms with van der Waals surface area (Å²) in [5, 5.41) is 0. The molecule has 0 aliphatic carbocycles. The SMILES string of the molecule is CC/C=C\C/C=C\C/C=C\C/C=C\CCCCCCCCC(=O)OC(COC(=O)CCCCCCCCCCCCCC)COC(=O)CCCCCCCCCCCCCCCCCCCCCCCCCC. The van der Waals surface area contributed by atoms with Crippen molar-refractivity contribution in [1.29, 1.82) is 0 Å². The van der Waals surface area contributed by atoms with Crippen LogP contribution in [0.2, 0.25) is 0 Å². The van der Waals surface area contributed by atoms with E-state index < -0.39 is 6.10 Å². The van der Waals surface area contributed by atoms with Crippen molar-refractivity contribution in [1.82, 2.24) is 0 Å². The van der Waals surface area contributed by atoms with E-state index in [4.69, 9.17) is 14.2 Å². The van der Waals surface area contributed by atoms with Gasteiger partial charge in [-0.25, -0.2) is 0 Å². The number of carbonyl (C=O) groups excluding carboxylic acids is 3. The van der Waals surface area contributed by atoms with Crippen LogP contribution in [-0.4, -0.2) is 37.2 Å². The van der Waals surface area contributed by atoms with Crippen LogP contribution in [0.25, 0.3) is 0 Å². The number of rotatable bonds is 59. The lowest BCUT2D eigenvalue weighted by atomic mass is 10.0. The molecular weight excluding hydrogens is 901 g/mol. The summed E-state index contributed by atoms with van der Waals surface area (Å²) in [6.45, 7) is 6.57. The first-order valence-electron chi connectivity index (χ1n) is 32.1. The van der Waals surface area contributed by atoms with E-state index in [0.717, 1.165) is 96.3 Å². The van der Waals surface area contributed by atoms with Crippen LogP contribution in [0.4, 0.5) is 0 Å². The molecule has 0 saturated heterocycles. The zero-order valence-electron chi connectivity index (χ0n) is 48.9. The van der Waals surface area contributed by atoms with Crippen LogP contribution in [0.3, 0.4) is 0 Å². The number of ether oxygens (including phenoxy) is 3. The Morgan fingerprint density at radius 2 is 0.534 bits per heavy atom. The maximum Gasteiger partial charge on any atom is 0.306 e. The summed E-state index contributed by atoms with van der Waals surface area (Å²) >= 11 is 0. The van der Waals surface area contributed by atoms with Crippen molar-refractivity contribution in [3.63, 3.8) is 0 Å². The van der Waals surface area contributed by atoms with Gasteiger partial charge in [0, 0.05) is 19.3 Å². The van der Waals surface area contributed by atoms with Gasteiger partial charge >= 0.3 is 17.9 Å². The second-order valence-corrected chi connectivity index (χ2v) is 21.7. The summed E-state index contributed by atoms with van der Waals surface area (Å²) in [5.74, 6) is -0.867. The standard InChI is InChI=1S/C67H122O6/c1-4-7-10-13-16-19-22-25-27-29-31-32-33-34-35-37-38-40-42-45-48-51-54-57-60-66(69)72-63-64(62-71-65(68)59-56-53-50-47-44-24-21-18-15-12-9-6-3)73-67(70)61-58-55-52-49-46-43-41-39-36-30-28-26-23-20-17-14-11-8-5-2/h8,11,17,20,26,28,36,39,64H,4-7,9-10,12-16,18-19,21-25,27,29-35,37-38,40-63H2,1-3H3/b11-8-,20-17-,28-26-,39-36-. The lowest BCUT2D eigenvalue weighted by Crippen LogP contribution is -2.30. The fourth-order valence-electron chi connectivity index (χ4n) is 9.56. The molecule has 426 valence electrons. The number of unbranched alkanes of at least 4 members (excludes halogenated alkanes) is 40. The molecule has 0 bridgehead atoms. The van der Waals surface area contributed by atoms with Gasteiger partial charge in [0.2, 0.25) is 0 Å². The molecule has 6 heteroatoms. The summed E-state index contributed by atoms with van der Waals surface area (Å²) in [6.07, 6.45) is 76.9. The molecule has 0 aliphatic heterocycles. The minimum Gasteiger partial charge on any atom is -0.462 e. The van der Waals surface area contributed by atoms with E-state index in [9.17, 15) is 14.4 Å². The molecule has 0 aromatic heterocycles. The molecule has 0 fully saturated rings. The number of esters is 3. The monoisotopic (exact) mass is 1020 g/mol. The van der Waals surface area contributed by atoms with Gasteiger partial charge in [-0.3, -0.25) is 14.4 Å². The number of allylic oxidation sites excluding steroid dienone is 8. The molecule has 0 amide bonds. The molecule has 0 spiro atoms. The Balaban J connectivity index is 4.26. The van der Waals surface area contributed by atoms with Gasteiger partial charge in [-0.1, -0.05) is 313 Å². The molecule has 0 heterocycles. The Morgan fingerprint density at radius 1 is 0.288 bits per heavy atom. The van der Waals surface area contributed by atoms with Gasteiger partial charge in [0.15, 0.2) is 6.10 Å². The average molecular weight is 1020 g/mol.